The van der Waals surface area contributed by atoms with E-state index in [4.69, 9.17) is 13.9 Å². The third kappa shape index (κ3) is 4.08. The predicted octanol–water partition coefficient (Wildman–Crippen LogP) is 5.34. The summed E-state index contributed by atoms with van der Waals surface area (Å²) in [6.07, 6.45) is -9.98. The fourth-order valence-electron chi connectivity index (χ4n) is 3.61. The van der Waals surface area contributed by atoms with Gasteiger partial charge in [-0.25, -0.2) is 4.79 Å². The first kappa shape index (κ1) is 21.9. The molecule has 0 spiro atoms. The second-order valence-electron chi connectivity index (χ2n) is 7.17. The van der Waals surface area contributed by atoms with Gasteiger partial charge < -0.3 is 13.9 Å². The number of fused-ring (bicyclic) bond motifs is 1. The van der Waals surface area contributed by atoms with Gasteiger partial charge in [-0.2, -0.15) is 36.3 Å². The number of carbonyl (C=O) groups excluding carboxylic acids is 1. The standard InChI is InChI=1S/C20H14F6N2O4/c1-30-18-27-15(12-3-2-4-31-12)14-16(28-18)13(32-17(14)29)7-9-5-10(19(21,22)23)8-11(6-9)20(24,25)26/h2-5,8,11,13H,6-7H2,1H3. The monoisotopic (exact) mass is 460 g/mol. The molecule has 1 aliphatic carbocycles. The summed E-state index contributed by atoms with van der Waals surface area (Å²) in [5.74, 6) is -2.99. The van der Waals surface area contributed by atoms with Gasteiger partial charge in [0.25, 0.3) is 0 Å². The molecule has 0 saturated heterocycles. The lowest BCUT2D eigenvalue weighted by atomic mass is 9.86. The lowest BCUT2D eigenvalue weighted by Crippen LogP contribution is -2.26. The Balaban J connectivity index is 1.72. The molecule has 32 heavy (non-hydrogen) atoms. The van der Waals surface area contributed by atoms with Gasteiger partial charge in [0.15, 0.2) is 5.76 Å². The molecular weight excluding hydrogens is 446 g/mol. The minimum absolute atomic E-state index is 0.000760. The van der Waals surface area contributed by atoms with Gasteiger partial charge in [0.2, 0.25) is 0 Å². The maximum atomic E-state index is 13.2. The number of hydrogen-bond acceptors (Lipinski definition) is 6. The summed E-state index contributed by atoms with van der Waals surface area (Å²) in [4.78, 5) is 20.6. The summed E-state index contributed by atoms with van der Waals surface area (Å²) in [6.45, 7) is 0. The van der Waals surface area contributed by atoms with E-state index in [1.54, 1.807) is 6.07 Å². The lowest BCUT2D eigenvalue weighted by molar-refractivity contribution is -0.162. The molecule has 2 aromatic heterocycles. The molecule has 12 heteroatoms. The van der Waals surface area contributed by atoms with Crippen molar-refractivity contribution in [3.8, 4) is 17.5 Å². The Labute approximate surface area is 176 Å². The first-order chi connectivity index (χ1) is 15.0. The van der Waals surface area contributed by atoms with Gasteiger partial charge in [-0.3, -0.25) is 0 Å². The molecule has 6 nitrogen and oxygen atoms in total. The Bertz CT molecular complexity index is 1100. The van der Waals surface area contributed by atoms with Crippen LogP contribution in [0.15, 0.2) is 46.1 Å². The maximum Gasteiger partial charge on any atom is 0.416 e. The van der Waals surface area contributed by atoms with Crippen molar-refractivity contribution in [1.29, 1.82) is 0 Å². The van der Waals surface area contributed by atoms with Crippen LogP contribution < -0.4 is 4.74 Å². The summed E-state index contributed by atoms with van der Waals surface area (Å²) in [5.41, 5.74) is -1.61. The van der Waals surface area contributed by atoms with Gasteiger partial charge in [-0.15, -0.1) is 0 Å². The number of ether oxygens (including phenoxy) is 2. The Kier molecular flexibility index (Phi) is 5.25. The van der Waals surface area contributed by atoms with Crippen LogP contribution in [0.3, 0.4) is 0 Å². The molecule has 2 unspecified atom stereocenters. The summed E-state index contributed by atoms with van der Waals surface area (Å²) < 4.78 is 94.8. The number of alkyl halides is 6. The van der Waals surface area contributed by atoms with E-state index in [2.05, 4.69) is 9.97 Å². The van der Waals surface area contributed by atoms with Crippen molar-refractivity contribution in [2.24, 2.45) is 5.92 Å². The molecular formula is C20H14F6N2O4. The van der Waals surface area contributed by atoms with E-state index >= 15 is 0 Å². The van der Waals surface area contributed by atoms with Crippen molar-refractivity contribution in [3.05, 3.63) is 53.0 Å². The summed E-state index contributed by atoms with van der Waals surface area (Å²) in [7, 11) is 1.26. The average molecular weight is 460 g/mol. The van der Waals surface area contributed by atoms with E-state index in [9.17, 15) is 31.1 Å². The van der Waals surface area contributed by atoms with Gasteiger partial charge in [-0.1, -0.05) is 17.7 Å². The summed E-state index contributed by atoms with van der Waals surface area (Å²) in [6, 6.07) is 2.89. The second kappa shape index (κ2) is 7.68. The molecule has 0 bridgehead atoms. The maximum absolute atomic E-state index is 13.2. The van der Waals surface area contributed by atoms with E-state index < -0.39 is 48.8 Å². The number of rotatable bonds is 4. The molecule has 0 radical (unpaired) electrons. The highest BCUT2D eigenvalue weighted by Crippen LogP contribution is 2.45. The van der Waals surface area contributed by atoms with E-state index in [1.807, 2.05) is 0 Å². The smallest absolute Gasteiger partial charge is 0.416 e. The molecule has 0 aromatic carbocycles. The zero-order chi connectivity index (χ0) is 23.3. The zero-order valence-corrected chi connectivity index (χ0v) is 16.3. The van der Waals surface area contributed by atoms with Crippen LogP contribution in [0, 0.1) is 5.92 Å². The fraction of sp³-hybridized carbons (Fsp3) is 0.350. The number of aromatic nitrogens is 2. The van der Waals surface area contributed by atoms with Crippen LogP contribution >= 0.6 is 0 Å². The molecule has 2 aliphatic rings. The van der Waals surface area contributed by atoms with Gasteiger partial charge in [0.1, 0.15) is 23.1 Å². The van der Waals surface area contributed by atoms with Crippen LogP contribution in [0.25, 0.3) is 11.5 Å². The molecule has 0 saturated carbocycles. The van der Waals surface area contributed by atoms with Gasteiger partial charge in [0, 0.05) is 6.42 Å². The highest BCUT2D eigenvalue weighted by Gasteiger charge is 2.45. The molecule has 4 rings (SSSR count). The molecule has 2 aromatic rings. The number of carbonyl (C=O) groups is 1. The van der Waals surface area contributed by atoms with Crippen molar-refractivity contribution in [3.63, 3.8) is 0 Å². The molecule has 0 amide bonds. The van der Waals surface area contributed by atoms with Gasteiger partial charge in [-0.05, 0) is 18.6 Å². The van der Waals surface area contributed by atoms with Crippen LogP contribution in [0.2, 0.25) is 0 Å². The lowest BCUT2D eigenvalue weighted by Gasteiger charge is -2.26. The summed E-state index contributed by atoms with van der Waals surface area (Å²) in [5, 5.41) is 0. The first-order valence-electron chi connectivity index (χ1n) is 9.23. The van der Waals surface area contributed by atoms with E-state index in [0.29, 0.717) is 6.08 Å². The van der Waals surface area contributed by atoms with Crippen molar-refractivity contribution in [2.45, 2.75) is 31.3 Å². The van der Waals surface area contributed by atoms with Crippen molar-refractivity contribution in [2.75, 3.05) is 7.11 Å². The summed E-state index contributed by atoms with van der Waals surface area (Å²) >= 11 is 0. The highest BCUT2D eigenvalue weighted by molar-refractivity contribution is 5.99. The Hall–Kier alpha value is -3.31. The van der Waals surface area contributed by atoms with Gasteiger partial charge >= 0.3 is 24.3 Å². The third-order valence-electron chi connectivity index (χ3n) is 5.03. The SMILES string of the molecule is COc1nc(-c2ccco2)c2c(n1)C(CC1=CC(C(F)(F)F)=CC(C(F)(F)F)C1)OC2=O. The molecule has 3 heterocycles. The van der Waals surface area contributed by atoms with E-state index in [-0.39, 0.29) is 40.4 Å². The molecule has 0 N–H and O–H groups in total. The molecule has 0 fully saturated rings. The second-order valence-corrected chi connectivity index (χ2v) is 7.17. The normalized spacial score (nSPS) is 21.0. The largest absolute Gasteiger partial charge is 0.467 e. The Morgan fingerprint density at radius 3 is 2.53 bits per heavy atom. The molecule has 1 aliphatic heterocycles. The molecule has 2 atom stereocenters. The number of methoxy groups -OCH3 is 1. The third-order valence-corrected chi connectivity index (χ3v) is 5.03. The topological polar surface area (TPSA) is 74.5 Å². The predicted molar refractivity (Wildman–Crippen MR) is 95.4 cm³/mol. The van der Waals surface area contributed by atoms with E-state index in [1.165, 1.54) is 19.4 Å². The number of nitrogens with zero attached hydrogens (tertiary/aromatic N) is 2. The first-order valence-corrected chi connectivity index (χ1v) is 9.23. The van der Waals surface area contributed by atoms with Crippen LogP contribution in [-0.4, -0.2) is 35.4 Å². The fourth-order valence-corrected chi connectivity index (χ4v) is 3.61. The van der Waals surface area contributed by atoms with Gasteiger partial charge in [0.05, 0.1) is 24.9 Å². The number of esters is 1. The minimum Gasteiger partial charge on any atom is -0.467 e. The average Bonchev–Trinajstić information content (AvgIpc) is 3.35. The van der Waals surface area contributed by atoms with Crippen molar-refractivity contribution < 1.29 is 45.0 Å². The van der Waals surface area contributed by atoms with Crippen LogP contribution in [0.5, 0.6) is 6.01 Å². The zero-order valence-electron chi connectivity index (χ0n) is 16.3. The Morgan fingerprint density at radius 1 is 1.19 bits per heavy atom. The number of cyclic esters (lactones) is 1. The molecule has 170 valence electrons. The number of halogens is 6. The van der Waals surface area contributed by atoms with Crippen LogP contribution in [-0.2, 0) is 4.74 Å². The number of hydrogen-bond donors (Lipinski definition) is 0. The van der Waals surface area contributed by atoms with E-state index in [0.717, 1.165) is 0 Å². The number of allylic oxidation sites excluding steroid dienone is 3. The Morgan fingerprint density at radius 2 is 1.94 bits per heavy atom. The highest BCUT2D eigenvalue weighted by atomic mass is 19.4. The van der Waals surface area contributed by atoms with Crippen LogP contribution in [0.1, 0.15) is 35.0 Å². The quantitative estimate of drug-likeness (QED) is 0.453. The van der Waals surface area contributed by atoms with Crippen molar-refractivity contribution >= 4 is 5.97 Å². The van der Waals surface area contributed by atoms with Crippen molar-refractivity contribution in [1.82, 2.24) is 9.97 Å². The van der Waals surface area contributed by atoms with Crippen LogP contribution in [0.4, 0.5) is 26.3 Å². The number of furan rings is 1. The minimum atomic E-state index is -4.96.